The van der Waals surface area contributed by atoms with Gasteiger partial charge in [0.15, 0.2) is 0 Å². The van der Waals surface area contributed by atoms with Gasteiger partial charge in [0.25, 0.3) is 5.91 Å². The number of rotatable bonds is 6. The number of primary sulfonamides is 1. The molecule has 1 amide bonds. The summed E-state index contributed by atoms with van der Waals surface area (Å²) in [7, 11) is -2.38. The van der Waals surface area contributed by atoms with Crippen LogP contribution in [0.4, 0.5) is 0 Å². The number of para-hydroxylation sites is 1. The van der Waals surface area contributed by atoms with Crippen LogP contribution in [-0.4, -0.2) is 28.0 Å². The number of hydrogen-bond acceptors (Lipinski definition) is 4. The second-order valence-corrected chi connectivity index (χ2v) is 6.89. The number of carbonyl (C=O) groups excluding carboxylic acids is 1. The summed E-state index contributed by atoms with van der Waals surface area (Å²) in [4.78, 5) is 12.2. The molecule has 0 aromatic heterocycles. The van der Waals surface area contributed by atoms with Gasteiger partial charge in [-0.15, -0.1) is 0 Å². The summed E-state index contributed by atoms with van der Waals surface area (Å²) in [5, 5.41) is 7.90. The van der Waals surface area contributed by atoms with E-state index in [0.29, 0.717) is 13.0 Å². The maximum atomic E-state index is 12.3. The van der Waals surface area contributed by atoms with Gasteiger partial charge in [0.2, 0.25) is 10.0 Å². The maximum absolute atomic E-state index is 12.3. The average molecular weight is 348 g/mol. The monoisotopic (exact) mass is 348 g/mol. The molecule has 2 aromatic carbocycles. The number of aryl methyl sites for hydroxylation is 1. The van der Waals surface area contributed by atoms with Crippen LogP contribution in [0, 0.1) is 6.92 Å². The van der Waals surface area contributed by atoms with Gasteiger partial charge < -0.3 is 10.1 Å². The zero-order valence-corrected chi connectivity index (χ0v) is 14.4. The summed E-state index contributed by atoms with van der Waals surface area (Å²) in [6.45, 7) is 2.12. The second-order valence-electron chi connectivity index (χ2n) is 5.36. The fourth-order valence-electron chi connectivity index (χ4n) is 2.38. The smallest absolute Gasteiger partial charge is 0.252 e. The topological polar surface area (TPSA) is 98.5 Å². The summed E-state index contributed by atoms with van der Waals surface area (Å²) in [6, 6.07) is 12.0. The molecular formula is C17H20N2O4S. The first-order valence-corrected chi connectivity index (χ1v) is 8.91. The Balaban J connectivity index is 2.12. The molecule has 0 heterocycles. The number of hydrogen-bond donors (Lipinski definition) is 2. The van der Waals surface area contributed by atoms with Crippen molar-refractivity contribution in [3.8, 4) is 5.75 Å². The lowest BCUT2D eigenvalue weighted by Gasteiger charge is -2.11. The number of nitrogens with two attached hydrogens (primary N) is 1. The Hall–Kier alpha value is -2.38. The molecule has 128 valence electrons. The third kappa shape index (κ3) is 4.33. The fraction of sp³-hybridized carbons (Fsp3) is 0.235. The molecule has 24 heavy (non-hydrogen) atoms. The third-order valence-corrected chi connectivity index (χ3v) is 4.53. The van der Waals surface area contributed by atoms with E-state index in [1.54, 1.807) is 20.1 Å². The maximum Gasteiger partial charge on any atom is 0.252 e. The van der Waals surface area contributed by atoms with Crippen LogP contribution in [0.1, 0.15) is 21.5 Å². The molecule has 6 nitrogen and oxygen atoms in total. The summed E-state index contributed by atoms with van der Waals surface area (Å²) in [6.07, 6.45) is 0.562. The highest BCUT2D eigenvalue weighted by Crippen LogP contribution is 2.18. The molecule has 0 saturated carbocycles. The summed E-state index contributed by atoms with van der Waals surface area (Å²) >= 11 is 0. The van der Waals surface area contributed by atoms with Crippen molar-refractivity contribution in [1.29, 1.82) is 0 Å². The molecule has 0 radical (unpaired) electrons. The molecule has 0 bridgehead atoms. The predicted octanol–water partition coefficient (Wildman–Crippen LogP) is 1.62. The fourth-order valence-corrected chi connectivity index (χ4v) is 3.10. The minimum absolute atomic E-state index is 0.0533. The van der Waals surface area contributed by atoms with E-state index in [2.05, 4.69) is 5.32 Å². The van der Waals surface area contributed by atoms with Crippen LogP contribution < -0.4 is 15.2 Å². The van der Waals surface area contributed by atoms with E-state index in [-0.39, 0.29) is 10.5 Å². The van der Waals surface area contributed by atoms with E-state index < -0.39 is 15.9 Å². The highest BCUT2D eigenvalue weighted by molar-refractivity contribution is 7.89. The summed E-state index contributed by atoms with van der Waals surface area (Å²) < 4.78 is 28.5. The number of benzene rings is 2. The van der Waals surface area contributed by atoms with Crippen LogP contribution in [0.2, 0.25) is 0 Å². The Labute approximate surface area is 141 Å². The third-order valence-electron chi connectivity index (χ3n) is 3.56. The first kappa shape index (κ1) is 18.0. The van der Waals surface area contributed by atoms with Gasteiger partial charge in [-0.25, -0.2) is 13.6 Å². The lowest BCUT2D eigenvalue weighted by atomic mass is 10.1. The summed E-state index contributed by atoms with van der Waals surface area (Å²) in [5.74, 6) is 0.269. The Morgan fingerprint density at radius 3 is 2.58 bits per heavy atom. The van der Waals surface area contributed by atoms with E-state index in [0.717, 1.165) is 16.9 Å². The van der Waals surface area contributed by atoms with Crippen LogP contribution in [0.25, 0.3) is 0 Å². The molecule has 0 saturated heterocycles. The van der Waals surface area contributed by atoms with Crippen molar-refractivity contribution in [2.24, 2.45) is 5.14 Å². The van der Waals surface area contributed by atoms with Crippen molar-refractivity contribution in [3.63, 3.8) is 0 Å². The Kier molecular flexibility index (Phi) is 5.58. The van der Waals surface area contributed by atoms with Crippen molar-refractivity contribution < 1.29 is 17.9 Å². The number of carbonyl (C=O) groups is 1. The number of methoxy groups -OCH3 is 1. The Morgan fingerprint density at radius 1 is 1.21 bits per heavy atom. The van der Waals surface area contributed by atoms with Crippen molar-refractivity contribution >= 4 is 15.9 Å². The molecule has 0 aliphatic carbocycles. The van der Waals surface area contributed by atoms with Gasteiger partial charge >= 0.3 is 0 Å². The van der Waals surface area contributed by atoms with E-state index in [1.807, 2.05) is 24.3 Å². The molecule has 2 rings (SSSR count). The highest BCUT2D eigenvalue weighted by atomic mass is 32.2. The Bertz CT molecular complexity index is 847. The molecule has 7 heteroatoms. The first-order chi connectivity index (χ1) is 11.3. The van der Waals surface area contributed by atoms with Gasteiger partial charge in [-0.3, -0.25) is 4.79 Å². The highest BCUT2D eigenvalue weighted by Gasteiger charge is 2.19. The van der Waals surface area contributed by atoms with Crippen LogP contribution in [0.3, 0.4) is 0 Å². The molecule has 0 unspecified atom stereocenters. The van der Waals surface area contributed by atoms with E-state index in [4.69, 9.17) is 9.88 Å². The molecule has 0 aliphatic heterocycles. The molecule has 0 fully saturated rings. The van der Waals surface area contributed by atoms with Crippen LogP contribution in [-0.2, 0) is 16.4 Å². The van der Waals surface area contributed by atoms with Crippen LogP contribution in [0.5, 0.6) is 5.75 Å². The minimum atomic E-state index is -3.96. The number of nitrogens with one attached hydrogen (secondary N) is 1. The van der Waals surface area contributed by atoms with Crippen molar-refractivity contribution in [2.45, 2.75) is 18.2 Å². The lowest BCUT2D eigenvalue weighted by Crippen LogP contribution is -2.28. The van der Waals surface area contributed by atoms with E-state index in [1.165, 1.54) is 12.1 Å². The van der Waals surface area contributed by atoms with E-state index in [9.17, 15) is 13.2 Å². The SMILES string of the molecule is COc1ccccc1CCNC(=O)c1cc(C)ccc1S(N)(=O)=O. The minimum Gasteiger partial charge on any atom is -0.496 e. The molecule has 0 aliphatic rings. The molecule has 3 N–H and O–H groups in total. The first-order valence-electron chi connectivity index (χ1n) is 7.36. The average Bonchev–Trinajstić information content (AvgIpc) is 2.54. The molecule has 0 atom stereocenters. The largest absolute Gasteiger partial charge is 0.496 e. The van der Waals surface area contributed by atoms with Crippen molar-refractivity contribution in [3.05, 3.63) is 59.2 Å². The van der Waals surface area contributed by atoms with Crippen molar-refractivity contribution in [2.75, 3.05) is 13.7 Å². The number of ether oxygens (including phenoxy) is 1. The molecular weight excluding hydrogens is 328 g/mol. The normalized spacial score (nSPS) is 11.1. The lowest BCUT2D eigenvalue weighted by molar-refractivity contribution is 0.0950. The summed E-state index contributed by atoms with van der Waals surface area (Å²) in [5.41, 5.74) is 1.78. The zero-order valence-electron chi connectivity index (χ0n) is 13.6. The van der Waals surface area contributed by atoms with Crippen LogP contribution >= 0.6 is 0 Å². The quantitative estimate of drug-likeness (QED) is 0.829. The van der Waals surface area contributed by atoms with Gasteiger partial charge in [-0.2, -0.15) is 0 Å². The van der Waals surface area contributed by atoms with Gasteiger partial charge in [0, 0.05) is 6.54 Å². The van der Waals surface area contributed by atoms with Gasteiger partial charge in [0.05, 0.1) is 17.6 Å². The predicted molar refractivity (Wildman–Crippen MR) is 91.6 cm³/mol. The zero-order chi connectivity index (χ0) is 17.7. The molecule has 0 spiro atoms. The van der Waals surface area contributed by atoms with Gasteiger partial charge in [0.1, 0.15) is 5.75 Å². The van der Waals surface area contributed by atoms with E-state index >= 15 is 0 Å². The Morgan fingerprint density at radius 2 is 1.92 bits per heavy atom. The number of amides is 1. The van der Waals surface area contributed by atoms with Gasteiger partial charge in [-0.05, 0) is 37.1 Å². The van der Waals surface area contributed by atoms with Crippen molar-refractivity contribution in [1.82, 2.24) is 5.32 Å². The number of sulfonamides is 1. The second kappa shape index (κ2) is 7.46. The standard InChI is InChI=1S/C17H20N2O4S/c1-12-7-8-16(24(18,21)22)14(11-12)17(20)19-10-9-13-5-3-4-6-15(13)23-2/h3-8,11H,9-10H2,1-2H3,(H,19,20)(H2,18,21,22). The van der Waals surface area contributed by atoms with Gasteiger partial charge in [-0.1, -0.05) is 29.8 Å². The molecule has 2 aromatic rings. The van der Waals surface area contributed by atoms with Crippen LogP contribution in [0.15, 0.2) is 47.4 Å².